The zero-order valence-corrected chi connectivity index (χ0v) is 10.5. The molecule has 0 saturated carbocycles. The Morgan fingerprint density at radius 2 is 1.63 bits per heavy atom. The number of carbonyl (C=O) groups is 1. The highest BCUT2D eigenvalue weighted by Gasteiger charge is 2.20. The second-order valence-corrected chi connectivity index (χ2v) is 4.60. The highest BCUT2D eigenvalue weighted by atomic mass is 16.1. The summed E-state index contributed by atoms with van der Waals surface area (Å²) in [6.45, 7) is 0. The number of Topliss-reactive ketones (excluding diaryl/α,β-unsaturated/α-hetero) is 1. The average Bonchev–Trinajstić information content (AvgIpc) is 2.78. The van der Waals surface area contributed by atoms with Crippen LogP contribution < -0.4 is 0 Å². The van der Waals surface area contributed by atoms with Gasteiger partial charge in [-0.2, -0.15) is 0 Å². The quantitative estimate of drug-likeness (QED) is 0.786. The molecule has 0 N–H and O–H groups in total. The van der Waals surface area contributed by atoms with Gasteiger partial charge in [-0.1, -0.05) is 66.7 Å². The van der Waals surface area contributed by atoms with Crippen molar-refractivity contribution in [2.24, 2.45) is 0 Å². The summed E-state index contributed by atoms with van der Waals surface area (Å²) in [5, 5.41) is 0. The predicted molar refractivity (Wildman–Crippen MR) is 78.8 cm³/mol. The standard InChI is InChI=1S/C18H14O/c19-18-16(13-15-10-4-5-12-17(15)18)11-6-9-14-7-2-1-3-8-14/h1-10,12-13H,11H2. The van der Waals surface area contributed by atoms with Crippen LogP contribution in [0, 0.1) is 0 Å². The topological polar surface area (TPSA) is 17.1 Å². The Hall–Kier alpha value is -2.41. The summed E-state index contributed by atoms with van der Waals surface area (Å²) >= 11 is 0. The molecule has 92 valence electrons. The molecule has 0 unspecified atom stereocenters. The Bertz CT molecular complexity index is 663. The first kappa shape index (κ1) is 11.7. The van der Waals surface area contributed by atoms with E-state index >= 15 is 0 Å². The summed E-state index contributed by atoms with van der Waals surface area (Å²) in [6.07, 6.45) is 6.78. The zero-order valence-electron chi connectivity index (χ0n) is 10.5. The number of hydrogen-bond acceptors (Lipinski definition) is 1. The molecule has 2 aromatic rings. The first-order valence-electron chi connectivity index (χ1n) is 6.40. The molecule has 1 aliphatic carbocycles. The van der Waals surface area contributed by atoms with E-state index in [0.29, 0.717) is 6.42 Å². The zero-order chi connectivity index (χ0) is 13.1. The van der Waals surface area contributed by atoms with E-state index in [1.165, 1.54) is 0 Å². The van der Waals surface area contributed by atoms with Gasteiger partial charge in [-0.25, -0.2) is 0 Å². The second kappa shape index (κ2) is 5.07. The number of allylic oxidation sites excluding steroid dienone is 2. The molecule has 1 heteroatoms. The largest absolute Gasteiger partial charge is 0.289 e. The van der Waals surface area contributed by atoms with Crippen LogP contribution >= 0.6 is 0 Å². The van der Waals surface area contributed by atoms with Crippen LogP contribution in [0.5, 0.6) is 0 Å². The molecule has 0 aromatic heterocycles. The first-order valence-corrected chi connectivity index (χ1v) is 6.40. The van der Waals surface area contributed by atoms with Gasteiger partial charge in [0.2, 0.25) is 0 Å². The molecule has 19 heavy (non-hydrogen) atoms. The highest BCUT2D eigenvalue weighted by molar-refractivity contribution is 6.17. The Kier molecular flexibility index (Phi) is 3.11. The third-order valence-corrected chi connectivity index (χ3v) is 3.27. The van der Waals surface area contributed by atoms with Crippen LogP contribution in [-0.4, -0.2) is 5.78 Å². The molecule has 0 fully saturated rings. The van der Waals surface area contributed by atoms with Gasteiger partial charge in [0.1, 0.15) is 0 Å². The number of rotatable bonds is 3. The van der Waals surface area contributed by atoms with E-state index in [1.807, 2.05) is 54.6 Å². The molecule has 0 saturated heterocycles. The average molecular weight is 246 g/mol. The summed E-state index contributed by atoms with van der Waals surface area (Å²) in [7, 11) is 0. The van der Waals surface area contributed by atoms with E-state index in [-0.39, 0.29) is 5.78 Å². The number of fused-ring (bicyclic) bond motifs is 1. The fraction of sp³-hybridized carbons (Fsp3) is 0.0556. The van der Waals surface area contributed by atoms with Gasteiger partial charge in [-0.3, -0.25) is 4.79 Å². The summed E-state index contributed by atoms with van der Waals surface area (Å²) in [4.78, 5) is 12.1. The van der Waals surface area contributed by atoms with E-state index in [1.54, 1.807) is 0 Å². The molecule has 0 heterocycles. The predicted octanol–water partition coefficient (Wildman–Crippen LogP) is 4.37. The molecule has 1 nitrogen and oxygen atoms in total. The minimum absolute atomic E-state index is 0.160. The molecule has 3 rings (SSSR count). The summed E-state index contributed by atoms with van der Waals surface area (Å²) < 4.78 is 0. The molecule has 0 aliphatic heterocycles. The maximum absolute atomic E-state index is 12.1. The van der Waals surface area contributed by atoms with Crippen molar-refractivity contribution in [2.75, 3.05) is 0 Å². The van der Waals surface area contributed by atoms with Gasteiger partial charge < -0.3 is 0 Å². The Labute approximate surface area is 112 Å². The Morgan fingerprint density at radius 1 is 0.895 bits per heavy atom. The second-order valence-electron chi connectivity index (χ2n) is 4.60. The lowest BCUT2D eigenvalue weighted by molar-refractivity contribution is 0.103. The van der Waals surface area contributed by atoms with E-state index < -0.39 is 0 Å². The van der Waals surface area contributed by atoms with E-state index in [2.05, 4.69) is 18.2 Å². The molecule has 0 radical (unpaired) electrons. The van der Waals surface area contributed by atoms with Crippen molar-refractivity contribution in [1.82, 2.24) is 0 Å². The molecule has 0 atom stereocenters. The van der Waals surface area contributed by atoms with Gasteiger partial charge in [0.05, 0.1) is 0 Å². The lowest BCUT2D eigenvalue weighted by atomic mass is 10.1. The minimum atomic E-state index is 0.160. The van der Waals surface area contributed by atoms with Gasteiger partial charge in [0.25, 0.3) is 0 Å². The maximum atomic E-state index is 12.1. The molecule has 2 aromatic carbocycles. The smallest absolute Gasteiger partial charge is 0.189 e. The van der Waals surface area contributed by atoms with Crippen molar-refractivity contribution in [3.63, 3.8) is 0 Å². The van der Waals surface area contributed by atoms with Gasteiger partial charge in [-0.05, 0) is 23.6 Å². The monoisotopic (exact) mass is 246 g/mol. The van der Waals surface area contributed by atoms with Crippen LogP contribution in [-0.2, 0) is 0 Å². The molecule has 0 spiro atoms. The van der Waals surface area contributed by atoms with Crippen molar-refractivity contribution in [3.05, 3.63) is 82.9 Å². The third-order valence-electron chi connectivity index (χ3n) is 3.27. The van der Waals surface area contributed by atoms with E-state index in [0.717, 1.165) is 22.3 Å². The van der Waals surface area contributed by atoms with E-state index in [9.17, 15) is 4.79 Å². The summed E-state index contributed by atoms with van der Waals surface area (Å²) in [5.41, 5.74) is 3.89. The van der Waals surface area contributed by atoms with Crippen molar-refractivity contribution in [1.29, 1.82) is 0 Å². The molecule has 0 amide bonds. The summed E-state index contributed by atoms with van der Waals surface area (Å²) in [6, 6.07) is 17.9. The number of ketones is 1. The van der Waals surface area contributed by atoms with Crippen LogP contribution in [0.4, 0.5) is 0 Å². The van der Waals surface area contributed by atoms with E-state index in [4.69, 9.17) is 0 Å². The summed E-state index contributed by atoms with van der Waals surface area (Å²) in [5.74, 6) is 0.160. The highest BCUT2D eigenvalue weighted by Crippen LogP contribution is 2.26. The normalized spacial score (nSPS) is 13.7. The molecule has 1 aliphatic rings. The van der Waals surface area contributed by atoms with Crippen LogP contribution in [0.25, 0.3) is 12.2 Å². The van der Waals surface area contributed by atoms with Gasteiger partial charge in [0, 0.05) is 11.1 Å². The van der Waals surface area contributed by atoms with Gasteiger partial charge >= 0.3 is 0 Å². The minimum Gasteiger partial charge on any atom is -0.289 e. The lowest BCUT2D eigenvalue weighted by Gasteiger charge is -1.97. The van der Waals surface area contributed by atoms with Crippen LogP contribution in [0.15, 0.2) is 66.2 Å². The Balaban J connectivity index is 1.73. The molecular formula is C18H14O. The number of benzene rings is 2. The van der Waals surface area contributed by atoms with Crippen molar-refractivity contribution in [3.8, 4) is 0 Å². The van der Waals surface area contributed by atoms with Crippen LogP contribution in [0.2, 0.25) is 0 Å². The van der Waals surface area contributed by atoms with Crippen LogP contribution in [0.3, 0.4) is 0 Å². The molecular weight excluding hydrogens is 232 g/mol. The van der Waals surface area contributed by atoms with Crippen LogP contribution in [0.1, 0.15) is 27.9 Å². The number of hydrogen-bond donors (Lipinski definition) is 0. The number of carbonyl (C=O) groups excluding carboxylic acids is 1. The van der Waals surface area contributed by atoms with Gasteiger partial charge in [-0.15, -0.1) is 0 Å². The third kappa shape index (κ3) is 2.41. The SMILES string of the molecule is O=C1C(CC=Cc2ccccc2)=Cc2ccccc21. The maximum Gasteiger partial charge on any atom is 0.189 e. The Morgan fingerprint density at radius 3 is 2.42 bits per heavy atom. The first-order chi connectivity index (χ1) is 9.34. The fourth-order valence-electron chi connectivity index (χ4n) is 2.29. The van der Waals surface area contributed by atoms with Gasteiger partial charge in [0.15, 0.2) is 5.78 Å². The molecule has 0 bridgehead atoms. The fourth-order valence-corrected chi connectivity index (χ4v) is 2.29. The van der Waals surface area contributed by atoms with Crippen molar-refractivity contribution >= 4 is 17.9 Å². The lowest BCUT2D eigenvalue weighted by Crippen LogP contribution is -1.97. The van der Waals surface area contributed by atoms with Crippen molar-refractivity contribution < 1.29 is 4.79 Å². The van der Waals surface area contributed by atoms with Crippen molar-refractivity contribution in [2.45, 2.75) is 6.42 Å².